The third-order valence-corrected chi connectivity index (χ3v) is 9.30. The van der Waals surface area contributed by atoms with Crippen molar-refractivity contribution in [3.63, 3.8) is 0 Å². The van der Waals surface area contributed by atoms with E-state index in [9.17, 15) is 15.0 Å². The summed E-state index contributed by atoms with van der Waals surface area (Å²) in [4.78, 5) is 16.0. The third kappa shape index (κ3) is 7.28. The standard InChI is InChI=1S/C32H37NO4Se/c1-3-4-5-6-7-8-19-33(2)20-21-37-27-16-11-23(12-17-27)31(36)30-28-18-15-26(35)22-29(28)38-32(30)24-9-13-25(34)14-10-24/h9-18,22,34-35H,3-8,19-21H2,1-2H3. The van der Waals surface area contributed by atoms with E-state index in [1.807, 2.05) is 42.5 Å². The van der Waals surface area contributed by atoms with Crippen LogP contribution in [0.3, 0.4) is 0 Å². The summed E-state index contributed by atoms with van der Waals surface area (Å²) in [5.41, 5.74) is 2.17. The zero-order valence-electron chi connectivity index (χ0n) is 22.3. The van der Waals surface area contributed by atoms with Crippen LogP contribution in [0.15, 0.2) is 66.7 Å². The van der Waals surface area contributed by atoms with Gasteiger partial charge in [0.2, 0.25) is 0 Å². The van der Waals surface area contributed by atoms with E-state index in [4.69, 9.17) is 4.74 Å². The molecule has 0 spiro atoms. The van der Waals surface area contributed by atoms with Crippen molar-refractivity contribution in [3.05, 3.63) is 77.9 Å². The van der Waals surface area contributed by atoms with Crippen LogP contribution in [0, 0.1) is 0 Å². The van der Waals surface area contributed by atoms with Crippen molar-refractivity contribution in [1.29, 1.82) is 0 Å². The molecule has 0 atom stereocenters. The molecule has 0 unspecified atom stereocenters. The number of rotatable bonds is 14. The third-order valence-electron chi connectivity index (χ3n) is 6.78. The Balaban J connectivity index is 1.40. The molecule has 0 aliphatic heterocycles. The number of ketones is 1. The van der Waals surface area contributed by atoms with Gasteiger partial charge in [0, 0.05) is 0 Å². The topological polar surface area (TPSA) is 70.0 Å². The molecule has 0 saturated heterocycles. The molecule has 3 aromatic carbocycles. The average Bonchev–Trinajstić information content (AvgIpc) is 3.29. The van der Waals surface area contributed by atoms with Crippen LogP contribution in [0.4, 0.5) is 0 Å². The molecule has 0 amide bonds. The molecule has 0 fully saturated rings. The average molecular weight is 579 g/mol. The van der Waals surface area contributed by atoms with Gasteiger partial charge < -0.3 is 0 Å². The van der Waals surface area contributed by atoms with Crippen molar-refractivity contribution >= 4 is 29.9 Å². The second kappa shape index (κ2) is 13.7. The molecule has 6 heteroatoms. The molecule has 0 saturated carbocycles. The van der Waals surface area contributed by atoms with Gasteiger partial charge in [-0.3, -0.25) is 0 Å². The number of hydrogen-bond donors (Lipinski definition) is 2. The molecule has 200 valence electrons. The normalized spacial score (nSPS) is 11.3. The maximum atomic E-state index is 13.7. The van der Waals surface area contributed by atoms with E-state index >= 15 is 0 Å². The number of carbonyl (C=O) groups is 1. The van der Waals surface area contributed by atoms with Crippen LogP contribution in [0.25, 0.3) is 19.6 Å². The van der Waals surface area contributed by atoms with Crippen LogP contribution in [-0.4, -0.2) is 62.1 Å². The fourth-order valence-electron chi connectivity index (χ4n) is 4.57. The first-order valence-electron chi connectivity index (χ1n) is 13.5. The molecule has 2 N–H and O–H groups in total. The van der Waals surface area contributed by atoms with E-state index in [1.165, 1.54) is 38.5 Å². The Kier molecular flexibility index (Phi) is 10.1. The minimum absolute atomic E-state index is 0.0513. The summed E-state index contributed by atoms with van der Waals surface area (Å²) in [6, 6.07) is 19.5. The van der Waals surface area contributed by atoms with Crippen LogP contribution in [0.5, 0.6) is 17.2 Å². The van der Waals surface area contributed by atoms with E-state index in [2.05, 4.69) is 18.9 Å². The summed E-state index contributed by atoms with van der Waals surface area (Å²) < 4.78 is 7.89. The number of hydrogen-bond acceptors (Lipinski definition) is 5. The maximum absolute atomic E-state index is 13.7. The number of carbonyl (C=O) groups excluding carboxylic acids is 1. The Bertz CT molecular complexity index is 1330. The van der Waals surface area contributed by atoms with E-state index in [-0.39, 0.29) is 31.8 Å². The molecule has 4 rings (SSSR count). The summed E-state index contributed by atoms with van der Waals surface area (Å²) in [7, 11) is 2.14. The molecule has 0 aliphatic rings. The Morgan fingerprint density at radius 3 is 2.26 bits per heavy atom. The molecular weight excluding hydrogens is 541 g/mol. The number of unbranched alkanes of at least 4 members (excludes halogenated alkanes) is 5. The first-order chi connectivity index (χ1) is 18.5. The first-order valence-corrected chi connectivity index (χ1v) is 15.2. The molecule has 0 bridgehead atoms. The Labute approximate surface area is 231 Å². The zero-order valence-corrected chi connectivity index (χ0v) is 24.0. The van der Waals surface area contributed by atoms with Crippen molar-refractivity contribution in [2.24, 2.45) is 0 Å². The number of ether oxygens (including phenoxy) is 1. The van der Waals surface area contributed by atoms with Crippen LogP contribution in [0.2, 0.25) is 0 Å². The molecule has 38 heavy (non-hydrogen) atoms. The number of nitrogens with zero attached hydrogens (tertiary/aromatic N) is 1. The van der Waals surface area contributed by atoms with Gasteiger partial charge in [-0.15, -0.1) is 0 Å². The number of likely N-dealkylation sites (N-methyl/N-ethyl adjacent to an activating group) is 1. The van der Waals surface area contributed by atoms with Gasteiger partial charge in [-0.05, 0) is 6.42 Å². The minimum atomic E-state index is -0.138. The summed E-state index contributed by atoms with van der Waals surface area (Å²) in [6.07, 6.45) is 7.80. The Morgan fingerprint density at radius 1 is 0.842 bits per heavy atom. The number of phenols is 2. The second-order valence-corrected chi connectivity index (χ2v) is 12.0. The fraction of sp³-hybridized carbons (Fsp3) is 0.344. The van der Waals surface area contributed by atoms with Gasteiger partial charge in [0.1, 0.15) is 0 Å². The summed E-state index contributed by atoms with van der Waals surface area (Å²) in [5, 5.41) is 20.6. The van der Waals surface area contributed by atoms with Crippen molar-refractivity contribution in [2.75, 3.05) is 26.7 Å². The van der Waals surface area contributed by atoms with Crippen molar-refractivity contribution in [2.45, 2.75) is 45.4 Å². The predicted molar refractivity (Wildman–Crippen MR) is 156 cm³/mol. The van der Waals surface area contributed by atoms with E-state index in [0.29, 0.717) is 17.7 Å². The van der Waals surface area contributed by atoms with Crippen molar-refractivity contribution in [1.82, 2.24) is 4.90 Å². The van der Waals surface area contributed by atoms with E-state index < -0.39 is 0 Å². The van der Waals surface area contributed by atoms with Gasteiger partial charge >= 0.3 is 186 Å². The van der Waals surface area contributed by atoms with Crippen LogP contribution in [-0.2, 0) is 0 Å². The second-order valence-electron chi connectivity index (χ2n) is 9.81. The number of aromatic hydroxyl groups is 2. The summed E-state index contributed by atoms with van der Waals surface area (Å²) >= 11 is -0.138. The van der Waals surface area contributed by atoms with Gasteiger partial charge in [0.25, 0.3) is 0 Å². The molecule has 0 radical (unpaired) electrons. The van der Waals surface area contributed by atoms with Crippen molar-refractivity contribution < 1.29 is 19.7 Å². The van der Waals surface area contributed by atoms with Crippen LogP contribution in [0.1, 0.15) is 61.4 Å². The molecule has 1 aromatic heterocycles. The number of phenolic OH excluding ortho intramolecular Hbond substituents is 2. The molecular formula is C32H37NO4Se. The Hall–Kier alpha value is -3.05. The number of fused-ring (bicyclic) bond motifs is 1. The van der Waals surface area contributed by atoms with E-state index in [1.54, 1.807) is 24.3 Å². The van der Waals surface area contributed by atoms with Crippen LogP contribution >= 0.6 is 0 Å². The monoisotopic (exact) mass is 579 g/mol. The fourth-order valence-corrected chi connectivity index (χ4v) is 7.16. The van der Waals surface area contributed by atoms with Gasteiger partial charge in [0.15, 0.2) is 0 Å². The van der Waals surface area contributed by atoms with Gasteiger partial charge in [-0.2, -0.15) is 0 Å². The molecule has 0 aliphatic carbocycles. The number of benzene rings is 3. The van der Waals surface area contributed by atoms with Gasteiger partial charge in [0.05, 0.1) is 0 Å². The molecule has 1 heterocycles. The Morgan fingerprint density at radius 2 is 1.53 bits per heavy atom. The van der Waals surface area contributed by atoms with E-state index in [0.717, 1.165) is 38.5 Å². The van der Waals surface area contributed by atoms with Gasteiger partial charge in [-0.25, -0.2) is 0 Å². The zero-order chi connectivity index (χ0) is 26.9. The predicted octanol–water partition coefficient (Wildman–Crippen LogP) is 6.88. The van der Waals surface area contributed by atoms with Crippen molar-refractivity contribution in [3.8, 4) is 27.2 Å². The molecule has 5 nitrogen and oxygen atoms in total. The van der Waals surface area contributed by atoms with Gasteiger partial charge in [-0.1, -0.05) is 39.0 Å². The molecule has 4 aromatic rings. The SMILES string of the molecule is CCCCCCCCN(C)CCOc1ccc(C(=O)c2c(-c3ccc(O)cc3)[se]c3cc(O)ccc23)cc1. The van der Waals surface area contributed by atoms with Crippen LogP contribution < -0.4 is 4.74 Å². The summed E-state index contributed by atoms with van der Waals surface area (Å²) in [5.74, 6) is 1.09. The summed E-state index contributed by atoms with van der Waals surface area (Å²) in [6.45, 7) is 4.80. The quantitative estimate of drug-likeness (QED) is 0.0970. The first kappa shape index (κ1) is 28.0.